The Kier molecular flexibility index (Phi) is 4.07. The standard InChI is InChI=1S/C11H17NO2/c1-8(12)6-9-4-2-3-5-10(9)11(14)7-13/h2-5,8,11,13-14H,6-7,12H2,1H3. The molecule has 3 heteroatoms. The van der Waals surface area contributed by atoms with Crippen LogP contribution in [-0.4, -0.2) is 22.9 Å². The van der Waals surface area contributed by atoms with Crippen molar-refractivity contribution in [3.8, 4) is 0 Å². The van der Waals surface area contributed by atoms with Crippen LogP contribution in [0.25, 0.3) is 0 Å². The van der Waals surface area contributed by atoms with Crippen LogP contribution in [0.1, 0.15) is 24.2 Å². The van der Waals surface area contributed by atoms with E-state index in [1.165, 1.54) is 0 Å². The minimum absolute atomic E-state index is 0.0574. The highest BCUT2D eigenvalue weighted by atomic mass is 16.3. The van der Waals surface area contributed by atoms with Gasteiger partial charge in [0.1, 0.15) is 6.10 Å². The highest BCUT2D eigenvalue weighted by molar-refractivity contribution is 5.29. The maximum Gasteiger partial charge on any atom is 0.102 e. The number of nitrogens with two attached hydrogens (primary N) is 1. The zero-order chi connectivity index (χ0) is 10.6. The molecule has 78 valence electrons. The van der Waals surface area contributed by atoms with Crippen LogP contribution in [0.15, 0.2) is 24.3 Å². The summed E-state index contributed by atoms with van der Waals surface area (Å²) in [4.78, 5) is 0. The number of aliphatic hydroxyl groups is 2. The zero-order valence-electron chi connectivity index (χ0n) is 8.35. The van der Waals surface area contributed by atoms with Crippen molar-refractivity contribution in [2.75, 3.05) is 6.61 Å². The van der Waals surface area contributed by atoms with Crippen LogP contribution in [-0.2, 0) is 6.42 Å². The molecule has 0 amide bonds. The van der Waals surface area contributed by atoms with E-state index in [0.29, 0.717) is 6.42 Å². The predicted molar refractivity (Wildman–Crippen MR) is 55.8 cm³/mol. The van der Waals surface area contributed by atoms with Crippen LogP contribution in [0.2, 0.25) is 0 Å². The monoisotopic (exact) mass is 195 g/mol. The van der Waals surface area contributed by atoms with Crippen molar-refractivity contribution in [1.29, 1.82) is 0 Å². The molecule has 0 heterocycles. The van der Waals surface area contributed by atoms with Gasteiger partial charge in [0.05, 0.1) is 6.61 Å². The number of aliphatic hydroxyl groups excluding tert-OH is 2. The molecule has 4 N–H and O–H groups in total. The summed E-state index contributed by atoms with van der Waals surface area (Å²) in [5, 5.41) is 18.4. The summed E-state index contributed by atoms with van der Waals surface area (Å²) in [6.45, 7) is 1.66. The fourth-order valence-electron chi connectivity index (χ4n) is 1.49. The van der Waals surface area contributed by atoms with Crippen LogP contribution in [0.4, 0.5) is 0 Å². The third-order valence-corrected chi connectivity index (χ3v) is 2.13. The summed E-state index contributed by atoms with van der Waals surface area (Å²) < 4.78 is 0. The van der Waals surface area contributed by atoms with Crippen LogP contribution in [0.3, 0.4) is 0 Å². The number of rotatable bonds is 4. The van der Waals surface area contributed by atoms with E-state index >= 15 is 0 Å². The second-order valence-corrected chi connectivity index (χ2v) is 3.58. The fraction of sp³-hybridized carbons (Fsp3) is 0.455. The molecule has 0 aromatic heterocycles. The maximum atomic E-state index is 9.53. The van der Waals surface area contributed by atoms with E-state index < -0.39 is 6.10 Å². The molecule has 0 saturated carbocycles. The average Bonchev–Trinajstić information content (AvgIpc) is 2.16. The minimum Gasteiger partial charge on any atom is -0.393 e. The Balaban J connectivity index is 2.91. The van der Waals surface area contributed by atoms with E-state index in [1.807, 2.05) is 31.2 Å². The third-order valence-electron chi connectivity index (χ3n) is 2.13. The summed E-state index contributed by atoms with van der Waals surface area (Å²) in [6.07, 6.45) is -0.0855. The van der Waals surface area contributed by atoms with Crippen LogP contribution >= 0.6 is 0 Å². The van der Waals surface area contributed by atoms with Crippen LogP contribution in [0, 0.1) is 0 Å². The van der Waals surface area contributed by atoms with Gasteiger partial charge in [-0.2, -0.15) is 0 Å². The van der Waals surface area contributed by atoms with Gasteiger partial charge < -0.3 is 15.9 Å². The first-order valence-corrected chi connectivity index (χ1v) is 4.77. The average molecular weight is 195 g/mol. The normalized spacial score (nSPS) is 15.1. The van der Waals surface area contributed by atoms with Crippen molar-refractivity contribution in [2.24, 2.45) is 5.73 Å². The maximum absolute atomic E-state index is 9.53. The summed E-state index contributed by atoms with van der Waals surface area (Å²) in [6, 6.07) is 7.56. The highest BCUT2D eigenvalue weighted by Gasteiger charge is 2.11. The van der Waals surface area contributed by atoms with E-state index in [9.17, 15) is 5.11 Å². The quantitative estimate of drug-likeness (QED) is 0.659. The number of benzene rings is 1. The lowest BCUT2D eigenvalue weighted by Crippen LogP contribution is -2.19. The SMILES string of the molecule is CC(N)Cc1ccccc1C(O)CO. The van der Waals surface area contributed by atoms with Crippen molar-refractivity contribution >= 4 is 0 Å². The van der Waals surface area contributed by atoms with Gasteiger partial charge in [0.25, 0.3) is 0 Å². The van der Waals surface area contributed by atoms with Crippen molar-refractivity contribution < 1.29 is 10.2 Å². The Bertz CT molecular complexity index is 286. The summed E-state index contributed by atoms with van der Waals surface area (Å²) in [7, 11) is 0. The summed E-state index contributed by atoms with van der Waals surface area (Å²) >= 11 is 0. The largest absolute Gasteiger partial charge is 0.393 e. The van der Waals surface area contributed by atoms with Gasteiger partial charge >= 0.3 is 0 Å². The summed E-state index contributed by atoms with van der Waals surface area (Å²) in [5.74, 6) is 0. The Morgan fingerprint density at radius 3 is 2.57 bits per heavy atom. The van der Waals surface area contributed by atoms with E-state index in [0.717, 1.165) is 11.1 Å². The molecular weight excluding hydrogens is 178 g/mol. The number of hydrogen-bond acceptors (Lipinski definition) is 3. The lowest BCUT2D eigenvalue weighted by Gasteiger charge is -2.14. The van der Waals surface area contributed by atoms with E-state index in [1.54, 1.807) is 0 Å². The smallest absolute Gasteiger partial charge is 0.102 e. The lowest BCUT2D eigenvalue weighted by atomic mass is 9.98. The Morgan fingerprint density at radius 1 is 1.36 bits per heavy atom. The van der Waals surface area contributed by atoms with Crippen LogP contribution < -0.4 is 5.73 Å². The van der Waals surface area contributed by atoms with E-state index in [2.05, 4.69) is 0 Å². The molecule has 0 spiro atoms. The fourth-order valence-corrected chi connectivity index (χ4v) is 1.49. The molecule has 0 aliphatic rings. The van der Waals surface area contributed by atoms with Gasteiger partial charge in [-0.15, -0.1) is 0 Å². The minimum atomic E-state index is -0.801. The Morgan fingerprint density at radius 2 is 2.00 bits per heavy atom. The molecule has 2 unspecified atom stereocenters. The van der Waals surface area contributed by atoms with Crippen molar-refractivity contribution in [2.45, 2.75) is 25.5 Å². The van der Waals surface area contributed by atoms with E-state index in [-0.39, 0.29) is 12.6 Å². The first kappa shape index (κ1) is 11.2. The van der Waals surface area contributed by atoms with Crippen LogP contribution in [0.5, 0.6) is 0 Å². The second kappa shape index (κ2) is 5.10. The van der Waals surface area contributed by atoms with Gasteiger partial charge in [-0.3, -0.25) is 0 Å². The number of hydrogen-bond donors (Lipinski definition) is 3. The molecule has 0 saturated heterocycles. The third kappa shape index (κ3) is 2.80. The van der Waals surface area contributed by atoms with Gasteiger partial charge in [-0.1, -0.05) is 24.3 Å². The van der Waals surface area contributed by atoms with E-state index in [4.69, 9.17) is 10.8 Å². The molecular formula is C11H17NO2. The van der Waals surface area contributed by atoms with Crippen molar-refractivity contribution in [3.63, 3.8) is 0 Å². The van der Waals surface area contributed by atoms with Gasteiger partial charge in [0, 0.05) is 6.04 Å². The molecule has 1 rings (SSSR count). The summed E-state index contributed by atoms with van der Waals surface area (Å²) in [5.41, 5.74) is 7.47. The molecule has 0 aliphatic heterocycles. The van der Waals surface area contributed by atoms with Gasteiger partial charge in [0.15, 0.2) is 0 Å². The molecule has 0 bridgehead atoms. The van der Waals surface area contributed by atoms with Gasteiger partial charge in [-0.05, 0) is 24.5 Å². The topological polar surface area (TPSA) is 66.5 Å². The predicted octanol–water partition coefficient (Wildman–Crippen LogP) is 0.602. The molecule has 1 aromatic rings. The second-order valence-electron chi connectivity index (χ2n) is 3.58. The van der Waals surface area contributed by atoms with Crippen molar-refractivity contribution in [3.05, 3.63) is 35.4 Å². The van der Waals surface area contributed by atoms with Gasteiger partial charge in [-0.25, -0.2) is 0 Å². The lowest BCUT2D eigenvalue weighted by molar-refractivity contribution is 0.0948. The molecule has 0 aliphatic carbocycles. The zero-order valence-corrected chi connectivity index (χ0v) is 8.35. The molecule has 3 nitrogen and oxygen atoms in total. The first-order chi connectivity index (χ1) is 6.65. The molecule has 1 aromatic carbocycles. The Labute approximate surface area is 84.2 Å². The molecule has 0 radical (unpaired) electrons. The molecule has 2 atom stereocenters. The van der Waals surface area contributed by atoms with Gasteiger partial charge in [0.2, 0.25) is 0 Å². The molecule has 0 fully saturated rings. The molecule has 14 heavy (non-hydrogen) atoms. The van der Waals surface area contributed by atoms with Crippen molar-refractivity contribution in [1.82, 2.24) is 0 Å². The highest BCUT2D eigenvalue weighted by Crippen LogP contribution is 2.18. The Hall–Kier alpha value is -0.900. The first-order valence-electron chi connectivity index (χ1n) is 4.77.